The maximum absolute atomic E-state index is 12.7. The van der Waals surface area contributed by atoms with Crippen molar-refractivity contribution in [1.82, 2.24) is 16.0 Å². The van der Waals surface area contributed by atoms with Crippen molar-refractivity contribution in [2.24, 2.45) is 23.7 Å². The Kier molecular flexibility index (Phi) is 9.76. The Labute approximate surface area is 209 Å². The first-order chi connectivity index (χ1) is 16.9. The molecule has 2 aromatic carbocycles. The molecular formula is C29H39N3O3. The molecule has 2 aromatic rings. The van der Waals surface area contributed by atoms with Gasteiger partial charge in [0.2, 0.25) is 5.91 Å². The number of nitrogens with one attached hydrogen (secondary N) is 3. The first-order valence-electron chi connectivity index (χ1n) is 12.5. The Morgan fingerprint density at radius 2 is 1.60 bits per heavy atom. The van der Waals surface area contributed by atoms with Gasteiger partial charge in [0.1, 0.15) is 5.75 Å². The fraction of sp³-hybridized carbons (Fsp3) is 0.448. The fourth-order valence-electron chi connectivity index (χ4n) is 4.80. The van der Waals surface area contributed by atoms with Crippen molar-refractivity contribution >= 4 is 11.9 Å². The maximum Gasteiger partial charge on any atom is 0.315 e. The van der Waals surface area contributed by atoms with Crippen LogP contribution in [0.4, 0.5) is 4.79 Å². The predicted molar refractivity (Wildman–Crippen MR) is 140 cm³/mol. The molecule has 0 saturated carbocycles. The number of benzene rings is 2. The molecule has 35 heavy (non-hydrogen) atoms. The highest BCUT2D eigenvalue weighted by Gasteiger charge is 2.32. The van der Waals surface area contributed by atoms with Crippen LogP contribution in [0.5, 0.6) is 5.75 Å². The number of rotatable bonds is 10. The van der Waals surface area contributed by atoms with Crippen molar-refractivity contribution in [3.8, 4) is 5.75 Å². The summed E-state index contributed by atoms with van der Waals surface area (Å²) in [6.07, 6.45) is 3.71. The minimum atomic E-state index is -0.151. The first-order valence-corrected chi connectivity index (χ1v) is 12.5. The molecule has 3 unspecified atom stereocenters. The van der Waals surface area contributed by atoms with E-state index in [9.17, 15) is 9.59 Å². The molecule has 0 aliphatic heterocycles. The van der Waals surface area contributed by atoms with Crippen LogP contribution in [0.1, 0.15) is 44.7 Å². The van der Waals surface area contributed by atoms with Crippen molar-refractivity contribution in [2.75, 3.05) is 13.7 Å². The smallest absolute Gasteiger partial charge is 0.315 e. The number of amides is 3. The monoisotopic (exact) mass is 477 g/mol. The van der Waals surface area contributed by atoms with Gasteiger partial charge < -0.3 is 20.7 Å². The third-order valence-corrected chi connectivity index (χ3v) is 6.96. The maximum atomic E-state index is 12.7. The fourth-order valence-corrected chi connectivity index (χ4v) is 4.80. The Morgan fingerprint density at radius 1 is 0.943 bits per heavy atom. The van der Waals surface area contributed by atoms with Gasteiger partial charge >= 0.3 is 6.03 Å². The molecule has 0 heterocycles. The second-order valence-electron chi connectivity index (χ2n) is 9.79. The van der Waals surface area contributed by atoms with Crippen LogP contribution in [-0.2, 0) is 17.9 Å². The largest absolute Gasteiger partial charge is 0.497 e. The quantitative estimate of drug-likeness (QED) is 0.419. The lowest BCUT2D eigenvalue weighted by molar-refractivity contribution is -0.122. The molecule has 0 spiro atoms. The molecule has 3 atom stereocenters. The Morgan fingerprint density at radius 3 is 2.26 bits per heavy atom. The van der Waals surface area contributed by atoms with Gasteiger partial charge in [-0.15, -0.1) is 0 Å². The summed E-state index contributed by atoms with van der Waals surface area (Å²) in [7, 11) is 1.64. The summed E-state index contributed by atoms with van der Waals surface area (Å²) in [5.74, 6) is 2.23. The van der Waals surface area contributed by atoms with E-state index in [1.807, 2.05) is 54.6 Å². The average molecular weight is 478 g/mol. The van der Waals surface area contributed by atoms with E-state index < -0.39 is 0 Å². The van der Waals surface area contributed by atoms with Gasteiger partial charge in [0.25, 0.3) is 0 Å². The lowest BCUT2D eigenvalue weighted by Gasteiger charge is -2.37. The molecule has 0 aromatic heterocycles. The van der Waals surface area contributed by atoms with Crippen LogP contribution in [0.2, 0.25) is 0 Å². The number of allylic oxidation sites excluding steroid dienone is 1. The van der Waals surface area contributed by atoms with E-state index in [1.54, 1.807) is 7.11 Å². The molecule has 3 rings (SSSR count). The van der Waals surface area contributed by atoms with Crippen LogP contribution in [-0.4, -0.2) is 25.6 Å². The summed E-state index contributed by atoms with van der Waals surface area (Å²) in [5.41, 5.74) is 3.36. The van der Waals surface area contributed by atoms with E-state index in [2.05, 4.69) is 42.8 Å². The molecule has 1 aliphatic rings. The number of ether oxygens (including phenoxy) is 1. The van der Waals surface area contributed by atoms with Crippen LogP contribution >= 0.6 is 0 Å². The summed E-state index contributed by atoms with van der Waals surface area (Å²) < 4.78 is 5.19. The zero-order chi connectivity index (χ0) is 25.2. The van der Waals surface area contributed by atoms with Gasteiger partial charge in [-0.05, 0) is 60.3 Å². The van der Waals surface area contributed by atoms with Gasteiger partial charge in [-0.2, -0.15) is 0 Å². The van der Waals surface area contributed by atoms with Gasteiger partial charge in [-0.3, -0.25) is 4.79 Å². The highest BCUT2D eigenvalue weighted by atomic mass is 16.5. The number of carbonyl (C=O) groups excluding carboxylic acids is 2. The first kappa shape index (κ1) is 26.3. The van der Waals surface area contributed by atoms with E-state index in [0.717, 1.165) is 23.3 Å². The van der Waals surface area contributed by atoms with E-state index in [4.69, 9.17) is 4.74 Å². The van der Waals surface area contributed by atoms with Crippen molar-refractivity contribution < 1.29 is 14.3 Å². The minimum absolute atomic E-state index is 0.0675. The molecule has 0 bridgehead atoms. The summed E-state index contributed by atoms with van der Waals surface area (Å²) in [6.45, 7) is 8.17. The highest BCUT2D eigenvalue weighted by molar-refractivity contribution is 5.76. The molecule has 0 fully saturated rings. The average Bonchev–Trinajstić information content (AvgIpc) is 2.87. The zero-order valence-electron chi connectivity index (χ0n) is 21.3. The van der Waals surface area contributed by atoms with Gasteiger partial charge in [-0.1, -0.05) is 68.0 Å². The van der Waals surface area contributed by atoms with Crippen LogP contribution in [0, 0.1) is 23.7 Å². The van der Waals surface area contributed by atoms with Gasteiger partial charge in [0, 0.05) is 26.1 Å². The van der Waals surface area contributed by atoms with Crippen molar-refractivity contribution in [3.63, 3.8) is 0 Å². The van der Waals surface area contributed by atoms with E-state index in [0.29, 0.717) is 37.9 Å². The van der Waals surface area contributed by atoms with Gasteiger partial charge in [-0.25, -0.2) is 4.79 Å². The van der Waals surface area contributed by atoms with Crippen LogP contribution in [0.15, 0.2) is 66.2 Å². The summed E-state index contributed by atoms with van der Waals surface area (Å²) in [6, 6.07) is 17.5. The molecule has 6 heteroatoms. The normalized spacial score (nSPS) is 19.6. The van der Waals surface area contributed by atoms with Crippen molar-refractivity contribution in [1.29, 1.82) is 0 Å². The minimum Gasteiger partial charge on any atom is -0.497 e. The Hall–Kier alpha value is -3.28. The highest BCUT2D eigenvalue weighted by Crippen LogP contribution is 2.38. The molecule has 0 radical (unpaired) electrons. The molecular weight excluding hydrogens is 438 g/mol. The van der Waals surface area contributed by atoms with Gasteiger partial charge in [0.05, 0.1) is 7.11 Å². The third kappa shape index (κ3) is 8.16. The predicted octanol–water partition coefficient (Wildman–Crippen LogP) is 5.06. The lowest BCUT2D eigenvalue weighted by atomic mass is 9.70. The zero-order valence-corrected chi connectivity index (χ0v) is 21.3. The molecule has 1 aliphatic carbocycles. The lowest BCUT2D eigenvalue weighted by Crippen LogP contribution is -2.41. The number of carbonyl (C=O) groups is 2. The Bertz CT molecular complexity index is 986. The van der Waals surface area contributed by atoms with Crippen LogP contribution < -0.4 is 20.7 Å². The second kappa shape index (κ2) is 13.0. The topological polar surface area (TPSA) is 79.5 Å². The van der Waals surface area contributed by atoms with Crippen molar-refractivity contribution in [3.05, 3.63) is 77.4 Å². The van der Waals surface area contributed by atoms with E-state index >= 15 is 0 Å². The van der Waals surface area contributed by atoms with Crippen LogP contribution in [0.3, 0.4) is 0 Å². The van der Waals surface area contributed by atoms with Crippen molar-refractivity contribution in [2.45, 2.75) is 46.7 Å². The molecule has 188 valence electrons. The molecule has 3 N–H and O–H groups in total. The SMILES string of the molecule is COc1ccc(CNC(=O)CC2CC(C(C)C)C(CNC(=O)NCc3ccccc3)C=C2C)cc1. The third-order valence-electron chi connectivity index (χ3n) is 6.96. The standard InChI is InChI=1S/C29H39N3O3/c1-20(2)27-15-24(16-28(33)30-17-23-10-12-26(35-4)13-11-23)21(3)14-25(27)19-32-29(34)31-18-22-8-6-5-7-9-22/h5-14,20,24-25,27H,15-19H2,1-4H3,(H,30,33)(H2,31,32,34). The molecule has 6 nitrogen and oxygen atoms in total. The van der Waals surface area contributed by atoms with Crippen LogP contribution in [0.25, 0.3) is 0 Å². The van der Waals surface area contributed by atoms with E-state index in [1.165, 1.54) is 5.57 Å². The molecule has 3 amide bonds. The summed E-state index contributed by atoms with van der Waals surface area (Å²) >= 11 is 0. The number of urea groups is 1. The summed E-state index contributed by atoms with van der Waals surface area (Å²) in [4.78, 5) is 25.0. The molecule has 0 saturated heterocycles. The number of hydrogen-bond donors (Lipinski definition) is 3. The van der Waals surface area contributed by atoms with Gasteiger partial charge in [0.15, 0.2) is 0 Å². The number of methoxy groups -OCH3 is 1. The Balaban J connectivity index is 1.50. The number of hydrogen-bond acceptors (Lipinski definition) is 3. The second-order valence-corrected chi connectivity index (χ2v) is 9.79. The summed E-state index contributed by atoms with van der Waals surface area (Å²) in [5, 5.41) is 9.03. The van der Waals surface area contributed by atoms with E-state index in [-0.39, 0.29) is 23.8 Å².